The normalized spacial score (nSPS) is 33.9. The number of allylic oxidation sites excluding steroid dienone is 2. The summed E-state index contributed by atoms with van der Waals surface area (Å²) >= 11 is 5.90. The Morgan fingerprint density at radius 3 is 2.65 bits per heavy atom. The number of carbonyl (C=O) groups is 1. The van der Waals surface area contributed by atoms with E-state index in [0.717, 1.165) is 18.3 Å². The summed E-state index contributed by atoms with van der Waals surface area (Å²) in [4.78, 5) is 13.1. The van der Waals surface area contributed by atoms with E-state index in [9.17, 15) is 18.7 Å². The van der Waals surface area contributed by atoms with Crippen molar-refractivity contribution in [3.05, 3.63) is 40.9 Å². The number of nitrogens with one attached hydrogen (secondary N) is 1. The molecule has 4 aliphatic rings. The molecule has 3 aliphatic carbocycles. The van der Waals surface area contributed by atoms with E-state index in [1.807, 2.05) is 0 Å². The molecule has 3 N–H and O–H groups in total. The Bertz CT molecular complexity index is 1010. The predicted molar refractivity (Wildman–Crippen MR) is 134 cm³/mol. The molecule has 6 unspecified atom stereocenters. The fraction of sp³-hybridized carbons (Fsp3) is 0.654. The van der Waals surface area contributed by atoms with Crippen LogP contribution in [0.2, 0.25) is 5.02 Å². The zero-order chi connectivity index (χ0) is 24.1. The van der Waals surface area contributed by atoms with Crippen molar-refractivity contribution in [2.75, 3.05) is 13.1 Å². The molecule has 5 rings (SSSR count). The lowest BCUT2D eigenvalue weighted by molar-refractivity contribution is -0.131. The molecule has 1 saturated heterocycles. The minimum absolute atomic E-state index is 0.0935. The zero-order valence-corrected chi connectivity index (χ0v) is 21.4. The summed E-state index contributed by atoms with van der Waals surface area (Å²) < 4.78 is 25.2. The Morgan fingerprint density at radius 2 is 1.94 bits per heavy atom. The standard InChI is InChI=1S/C26H35ClN2O4S/c1-17-12-18-13-19-15-26(14-17,16-23(18)19)9-6-24(30)25(31)28-21-7-10-29(11-8-21)34(32,33)22-4-2-20(27)3-5-22/h2-5,12,17,19,21,23-24,30H,6-11,13-16H2,1H3,(H-,28,31,32,33)/p+1. The number of carbonyl (C=O) groups excluding carboxylic acids is 1. The average molecular weight is 508 g/mol. The molecule has 8 heteroatoms. The van der Waals surface area contributed by atoms with Crippen molar-refractivity contribution >= 4 is 27.9 Å². The number of halogens is 1. The van der Waals surface area contributed by atoms with E-state index in [0.29, 0.717) is 48.2 Å². The van der Waals surface area contributed by atoms with Crippen molar-refractivity contribution in [2.24, 2.45) is 23.2 Å². The molecule has 1 amide bonds. The van der Waals surface area contributed by atoms with Crippen LogP contribution >= 0.6 is 11.6 Å². The second kappa shape index (κ2) is 9.32. The quantitative estimate of drug-likeness (QED) is 0.369. The first-order valence-electron chi connectivity index (χ1n) is 12.6. The third kappa shape index (κ3) is 4.74. The third-order valence-electron chi connectivity index (χ3n) is 8.67. The van der Waals surface area contributed by atoms with Gasteiger partial charge in [-0.25, -0.2) is 0 Å². The van der Waals surface area contributed by atoms with Crippen LogP contribution in [0.15, 0.2) is 40.8 Å². The molecule has 2 bridgehead atoms. The topological polar surface area (TPSA) is 89.9 Å². The van der Waals surface area contributed by atoms with Gasteiger partial charge in [0.2, 0.25) is 10.8 Å². The van der Waals surface area contributed by atoms with Crippen LogP contribution in [0, 0.1) is 23.2 Å². The van der Waals surface area contributed by atoms with Crippen molar-refractivity contribution < 1.29 is 18.7 Å². The first-order valence-corrected chi connectivity index (χ1v) is 14.5. The van der Waals surface area contributed by atoms with E-state index in [4.69, 9.17) is 11.6 Å². The highest BCUT2D eigenvalue weighted by molar-refractivity contribution is 7.95. The number of hydrogen-bond donors (Lipinski definition) is 3. The van der Waals surface area contributed by atoms with Gasteiger partial charge in [0.05, 0.1) is 0 Å². The molecule has 1 aromatic rings. The van der Waals surface area contributed by atoms with E-state index >= 15 is 0 Å². The molecular weight excluding hydrogens is 472 g/mol. The Hall–Kier alpha value is -1.25. The van der Waals surface area contributed by atoms with Gasteiger partial charge in [0.15, 0.2) is 0 Å². The van der Waals surface area contributed by atoms with Crippen molar-refractivity contribution in [1.82, 2.24) is 9.62 Å². The van der Waals surface area contributed by atoms with Crippen molar-refractivity contribution in [3.63, 3.8) is 0 Å². The highest BCUT2D eigenvalue weighted by Gasteiger charge is 2.53. The molecule has 1 aliphatic heterocycles. The maximum absolute atomic E-state index is 13.0. The number of aliphatic hydroxyl groups is 1. The molecular formula is C26H36ClN2O4S+. The minimum atomic E-state index is -3.32. The largest absolute Gasteiger partial charge is 0.383 e. The van der Waals surface area contributed by atoms with Crippen LogP contribution in [-0.2, 0) is 19.4 Å². The second-order valence-corrected chi connectivity index (χ2v) is 13.5. The summed E-state index contributed by atoms with van der Waals surface area (Å²) in [6.07, 6.45) is 8.96. The molecule has 2 saturated carbocycles. The van der Waals surface area contributed by atoms with Gasteiger partial charge in [0.1, 0.15) is 6.10 Å². The molecule has 3 fully saturated rings. The summed E-state index contributed by atoms with van der Waals surface area (Å²) in [5.41, 5.74) is 1.93. The van der Waals surface area contributed by atoms with Crippen LogP contribution in [0.25, 0.3) is 0 Å². The summed E-state index contributed by atoms with van der Waals surface area (Å²) in [6.45, 7) is 3.10. The number of piperidine rings is 1. The lowest BCUT2D eigenvalue weighted by Crippen LogP contribution is -2.50. The van der Waals surface area contributed by atoms with Gasteiger partial charge in [-0.2, -0.15) is 4.55 Å². The van der Waals surface area contributed by atoms with Crippen LogP contribution in [-0.4, -0.2) is 45.1 Å². The highest BCUT2D eigenvalue weighted by Crippen LogP contribution is 2.63. The smallest absolute Gasteiger partial charge is 0.325 e. The Labute approximate surface area is 208 Å². The third-order valence-corrected chi connectivity index (χ3v) is 10.9. The molecule has 0 aromatic heterocycles. The molecule has 1 heterocycles. The van der Waals surface area contributed by atoms with E-state index in [1.165, 1.54) is 25.7 Å². The molecule has 6 atom stereocenters. The van der Waals surface area contributed by atoms with E-state index < -0.39 is 16.5 Å². The average Bonchev–Trinajstić information content (AvgIpc) is 3.02. The second-order valence-electron chi connectivity index (χ2n) is 11.1. The number of rotatable bonds is 7. The number of benzene rings is 1. The van der Waals surface area contributed by atoms with E-state index in [-0.39, 0.29) is 17.4 Å². The van der Waals surface area contributed by atoms with Crippen molar-refractivity contribution in [3.8, 4) is 0 Å². The van der Waals surface area contributed by atoms with Gasteiger partial charge in [-0.1, -0.05) is 34.5 Å². The number of aliphatic hydroxyl groups excluding tert-OH is 1. The minimum Gasteiger partial charge on any atom is -0.383 e. The fourth-order valence-electron chi connectivity index (χ4n) is 7.01. The van der Waals surface area contributed by atoms with Crippen molar-refractivity contribution in [2.45, 2.75) is 75.3 Å². The first kappa shape index (κ1) is 24.4. The monoisotopic (exact) mass is 507 g/mol. The molecule has 0 radical (unpaired) electrons. The molecule has 6 nitrogen and oxygen atoms in total. The SMILES string of the molecule is CC1C=C2CC3CC(CCC(O)C(=O)NC4CCN([S+](=O)(O)c5ccc(Cl)cc5)CC4)(C1)CC23. The van der Waals surface area contributed by atoms with Gasteiger partial charge in [0.25, 0.3) is 0 Å². The fourth-order valence-corrected chi connectivity index (χ4v) is 8.63. The van der Waals surface area contributed by atoms with Gasteiger partial charge in [-0.3, -0.25) is 4.79 Å². The first-order chi connectivity index (χ1) is 16.1. The summed E-state index contributed by atoms with van der Waals surface area (Å²) in [5.74, 6) is 1.87. The number of nitrogens with zero attached hydrogens (tertiary/aromatic N) is 1. The lowest BCUT2D eigenvalue weighted by Gasteiger charge is -2.36. The Morgan fingerprint density at radius 1 is 1.24 bits per heavy atom. The van der Waals surface area contributed by atoms with Gasteiger partial charge in [0, 0.05) is 24.2 Å². The number of hydrogen-bond acceptors (Lipinski definition) is 3. The van der Waals surface area contributed by atoms with E-state index in [2.05, 4.69) is 18.3 Å². The maximum Gasteiger partial charge on any atom is 0.325 e. The van der Waals surface area contributed by atoms with Crippen molar-refractivity contribution in [1.29, 1.82) is 0 Å². The summed E-state index contributed by atoms with van der Waals surface area (Å²) in [6, 6.07) is 6.29. The molecule has 1 aromatic carbocycles. The lowest BCUT2D eigenvalue weighted by atomic mass is 9.69. The predicted octanol–water partition coefficient (Wildman–Crippen LogP) is 4.69. The van der Waals surface area contributed by atoms with Crippen LogP contribution < -0.4 is 5.32 Å². The molecule has 34 heavy (non-hydrogen) atoms. The van der Waals surface area contributed by atoms with E-state index in [1.54, 1.807) is 34.1 Å². The zero-order valence-electron chi connectivity index (χ0n) is 19.8. The summed E-state index contributed by atoms with van der Waals surface area (Å²) in [5, 5.41) is 14.1. The Kier molecular flexibility index (Phi) is 6.70. The number of amides is 1. The number of fused-ring (bicyclic) bond motifs is 1. The van der Waals surface area contributed by atoms with Crippen LogP contribution in [0.1, 0.15) is 58.3 Å². The van der Waals surface area contributed by atoms with Gasteiger partial charge in [-0.15, -0.1) is 0 Å². The molecule has 186 valence electrons. The van der Waals surface area contributed by atoms with Gasteiger partial charge >= 0.3 is 10.4 Å². The van der Waals surface area contributed by atoms with Crippen LogP contribution in [0.5, 0.6) is 0 Å². The van der Waals surface area contributed by atoms with Gasteiger partial charge < -0.3 is 10.4 Å². The maximum atomic E-state index is 13.0. The highest BCUT2D eigenvalue weighted by atomic mass is 35.5. The summed E-state index contributed by atoms with van der Waals surface area (Å²) in [7, 11) is -3.32. The van der Waals surface area contributed by atoms with Crippen LogP contribution in [0.4, 0.5) is 0 Å². The van der Waals surface area contributed by atoms with Crippen LogP contribution in [0.3, 0.4) is 0 Å². The Balaban J connectivity index is 1.10. The molecule has 0 spiro atoms. The van der Waals surface area contributed by atoms with Gasteiger partial charge in [-0.05, 0) is 103 Å².